The monoisotopic (exact) mass is 139 g/mol. The average molecular weight is 139 g/mol. The summed E-state index contributed by atoms with van der Waals surface area (Å²) in [5.74, 6) is 0.0231. The Kier molecular flexibility index (Phi) is 3.47. The first-order valence-electron chi connectivity index (χ1n) is 3.51. The topological polar surface area (TPSA) is 29.1 Å². The number of nitrogens with one attached hydrogen (secondary N) is 1. The van der Waals surface area contributed by atoms with Crippen molar-refractivity contribution >= 4 is 13.8 Å². The molecule has 1 amide bonds. The minimum atomic E-state index is -0.390. The second-order valence-corrected chi connectivity index (χ2v) is 3.12. The normalized spacial score (nSPS) is 11.1. The maximum absolute atomic E-state index is 10.9. The van der Waals surface area contributed by atoms with E-state index >= 15 is 0 Å². The van der Waals surface area contributed by atoms with E-state index in [2.05, 4.69) is 5.32 Å². The Bertz CT molecular complexity index is 117. The number of rotatable bonds is 3. The summed E-state index contributed by atoms with van der Waals surface area (Å²) in [6, 6.07) is 0. The predicted octanol–water partition coefficient (Wildman–Crippen LogP) is 0.880. The summed E-state index contributed by atoms with van der Waals surface area (Å²) in [7, 11) is 5.61. The van der Waals surface area contributed by atoms with Crippen molar-refractivity contribution in [1.29, 1.82) is 0 Å². The first-order chi connectivity index (χ1) is 4.45. The van der Waals surface area contributed by atoms with E-state index in [1.54, 1.807) is 0 Å². The van der Waals surface area contributed by atoms with Gasteiger partial charge in [-0.15, -0.1) is 0 Å². The summed E-state index contributed by atoms with van der Waals surface area (Å²) in [5.41, 5.74) is 0. The van der Waals surface area contributed by atoms with Crippen LogP contribution in [0.2, 0.25) is 5.31 Å². The van der Waals surface area contributed by atoms with Gasteiger partial charge in [-0.2, -0.15) is 0 Å². The smallest absolute Gasteiger partial charge is 0.219 e. The molecule has 2 radical (unpaired) electrons. The van der Waals surface area contributed by atoms with Crippen molar-refractivity contribution in [3.63, 3.8) is 0 Å². The van der Waals surface area contributed by atoms with Crippen molar-refractivity contribution in [2.45, 2.75) is 32.5 Å². The van der Waals surface area contributed by atoms with Gasteiger partial charge in [-0.1, -0.05) is 19.2 Å². The lowest BCUT2D eigenvalue weighted by molar-refractivity contribution is -0.121. The Morgan fingerprint density at radius 1 is 1.60 bits per heavy atom. The van der Waals surface area contributed by atoms with E-state index in [9.17, 15) is 4.79 Å². The molecule has 2 nitrogen and oxygen atoms in total. The zero-order valence-corrected chi connectivity index (χ0v) is 6.90. The number of hydrogen-bond donors (Lipinski definition) is 1. The molecular formula is C7H14BNO. The molecule has 3 heteroatoms. The SMILES string of the molecule is [B]C(C)(C)CC(=O)NCC. The molecule has 0 spiro atoms. The van der Waals surface area contributed by atoms with Crippen LogP contribution in [0.4, 0.5) is 0 Å². The van der Waals surface area contributed by atoms with E-state index < -0.39 is 0 Å². The molecule has 0 unspecified atom stereocenters. The number of amides is 1. The summed E-state index contributed by atoms with van der Waals surface area (Å²) in [4.78, 5) is 10.9. The Morgan fingerprint density at radius 2 is 2.10 bits per heavy atom. The van der Waals surface area contributed by atoms with Crippen molar-refractivity contribution in [3.05, 3.63) is 0 Å². The maximum Gasteiger partial charge on any atom is 0.219 e. The molecule has 0 aliphatic heterocycles. The van der Waals surface area contributed by atoms with Gasteiger partial charge in [0.25, 0.3) is 0 Å². The molecule has 0 rings (SSSR count). The van der Waals surface area contributed by atoms with Gasteiger partial charge in [0.05, 0.1) is 7.85 Å². The van der Waals surface area contributed by atoms with E-state index in [1.807, 2.05) is 20.8 Å². The molecule has 0 aromatic heterocycles. The molecular weight excluding hydrogens is 125 g/mol. The zero-order chi connectivity index (χ0) is 8.20. The van der Waals surface area contributed by atoms with E-state index in [1.165, 1.54) is 0 Å². The van der Waals surface area contributed by atoms with Gasteiger partial charge in [0, 0.05) is 13.0 Å². The Balaban J connectivity index is 3.58. The van der Waals surface area contributed by atoms with Crippen LogP contribution in [-0.2, 0) is 4.79 Å². The van der Waals surface area contributed by atoms with Crippen molar-refractivity contribution in [2.24, 2.45) is 0 Å². The van der Waals surface area contributed by atoms with E-state index in [0.29, 0.717) is 13.0 Å². The van der Waals surface area contributed by atoms with Crippen LogP contribution in [0.25, 0.3) is 0 Å². The molecule has 0 bridgehead atoms. The first-order valence-corrected chi connectivity index (χ1v) is 3.51. The molecule has 0 heterocycles. The van der Waals surface area contributed by atoms with Crippen LogP contribution in [0.3, 0.4) is 0 Å². The van der Waals surface area contributed by atoms with Gasteiger partial charge in [0.2, 0.25) is 5.91 Å². The highest BCUT2D eigenvalue weighted by molar-refractivity contribution is 6.16. The van der Waals surface area contributed by atoms with Gasteiger partial charge >= 0.3 is 0 Å². The average Bonchev–Trinajstić information content (AvgIpc) is 1.59. The van der Waals surface area contributed by atoms with Crippen LogP contribution >= 0.6 is 0 Å². The standard InChI is InChI=1S/C7H14BNO/c1-4-9-6(10)5-7(2,3)8/h4-5H2,1-3H3,(H,9,10). The second kappa shape index (κ2) is 3.64. The van der Waals surface area contributed by atoms with E-state index in [0.717, 1.165) is 0 Å². The van der Waals surface area contributed by atoms with Crippen molar-refractivity contribution in [1.82, 2.24) is 5.32 Å². The largest absolute Gasteiger partial charge is 0.356 e. The Labute approximate surface area is 63.8 Å². The van der Waals surface area contributed by atoms with Crippen LogP contribution in [0.5, 0.6) is 0 Å². The summed E-state index contributed by atoms with van der Waals surface area (Å²) in [6.07, 6.45) is 0.390. The van der Waals surface area contributed by atoms with E-state index in [4.69, 9.17) is 7.85 Å². The lowest BCUT2D eigenvalue weighted by Crippen LogP contribution is -2.25. The molecule has 1 N–H and O–H groups in total. The summed E-state index contributed by atoms with van der Waals surface area (Å²) >= 11 is 0. The Hall–Kier alpha value is -0.465. The van der Waals surface area contributed by atoms with Gasteiger partial charge in [-0.3, -0.25) is 4.79 Å². The first kappa shape index (κ1) is 9.53. The lowest BCUT2D eigenvalue weighted by Gasteiger charge is -2.16. The molecule has 0 aromatic carbocycles. The fourth-order valence-electron chi connectivity index (χ4n) is 0.673. The maximum atomic E-state index is 10.9. The third-order valence-electron chi connectivity index (χ3n) is 0.990. The summed E-state index contributed by atoms with van der Waals surface area (Å²) in [5, 5.41) is 2.29. The lowest BCUT2D eigenvalue weighted by atomic mass is 9.70. The predicted molar refractivity (Wildman–Crippen MR) is 43.1 cm³/mol. The quantitative estimate of drug-likeness (QED) is 0.577. The second-order valence-electron chi connectivity index (χ2n) is 3.12. The van der Waals surface area contributed by atoms with Crippen LogP contribution < -0.4 is 5.32 Å². The minimum absolute atomic E-state index is 0.0231. The molecule has 0 aliphatic rings. The molecule has 0 aliphatic carbocycles. The van der Waals surface area contributed by atoms with Crippen LogP contribution in [0, 0.1) is 0 Å². The summed E-state index contributed by atoms with van der Waals surface area (Å²) < 4.78 is 0. The summed E-state index contributed by atoms with van der Waals surface area (Å²) in [6.45, 7) is 6.24. The number of hydrogen-bond acceptors (Lipinski definition) is 1. The Morgan fingerprint density at radius 3 is 2.40 bits per heavy atom. The highest BCUT2D eigenvalue weighted by Crippen LogP contribution is 2.22. The van der Waals surface area contributed by atoms with Gasteiger partial charge in [0.1, 0.15) is 0 Å². The molecule has 0 aromatic rings. The molecule has 10 heavy (non-hydrogen) atoms. The van der Waals surface area contributed by atoms with E-state index in [-0.39, 0.29) is 11.2 Å². The molecule has 0 saturated carbocycles. The fraction of sp³-hybridized carbons (Fsp3) is 0.857. The number of carbonyl (C=O) groups excluding carboxylic acids is 1. The van der Waals surface area contributed by atoms with Crippen LogP contribution in [0.1, 0.15) is 27.2 Å². The van der Waals surface area contributed by atoms with Crippen molar-refractivity contribution in [3.8, 4) is 0 Å². The third kappa shape index (κ3) is 5.67. The number of carbonyl (C=O) groups is 1. The van der Waals surface area contributed by atoms with Crippen LogP contribution in [0.15, 0.2) is 0 Å². The van der Waals surface area contributed by atoms with Gasteiger partial charge in [-0.25, -0.2) is 0 Å². The molecule has 0 fully saturated rings. The van der Waals surface area contributed by atoms with Gasteiger partial charge < -0.3 is 5.32 Å². The van der Waals surface area contributed by atoms with Gasteiger partial charge in [-0.05, 0) is 6.92 Å². The van der Waals surface area contributed by atoms with Crippen molar-refractivity contribution < 1.29 is 4.79 Å². The minimum Gasteiger partial charge on any atom is -0.356 e. The molecule has 56 valence electrons. The fourth-order valence-corrected chi connectivity index (χ4v) is 0.673. The third-order valence-corrected chi connectivity index (χ3v) is 0.990. The highest BCUT2D eigenvalue weighted by atomic mass is 16.1. The zero-order valence-electron chi connectivity index (χ0n) is 6.90. The molecule has 0 atom stereocenters. The highest BCUT2D eigenvalue weighted by Gasteiger charge is 2.14. The van der Waals surface area contributed by atoms with Crippen molar-refractivity contribution in [2.75, 3.05) is 6.54 Å². The van der Waals surface area contributed by atoms with Crippen LogP contribution in [-0.4, -0.2) is 20.3 Å². The molecule has 0 saturated heterocycles. The van der Waals surface area contributed by atoms with Gasteiger partial charge in [0.15, 0.2) is 0 Å².